The number of unbranched alkanes of at least 4 members (excludes halogenated alkanes) is 1. The van der Waals surface area contributed by atoms with Crippen LogP contribution in [0, 0.1) is 22.7 Å². The number of fused-ring (bicyclic) bond motifs is 1. The second-order valence-corrected chi connectivity index (χ2v) is 17.8. The van der Waals surface area contributed by atoms with Crippen LogP contribution in [-0.4, -0.2) is 151 Å². The van der Waals surface area contributed by atoms with Crippen LogP contribution in [0.25, 0.3) is 0 Å². The molecule has 4 rings (SSSR count). The van der Waals surface area contributed by atoms with Crippen molar-refractivity contribution in [1.29, 1.82) is 0 Å². The van der Waals surface area contributed by atoms with Crippen molar-refractivity contribution >= 4 is 23.6 Å². The topological polar surface area (TPSA) is 322 Å². The van der Waals surface area contributed by atoms with E-state index in [2.05, 4.69) is 29.8 Å². The van der Waals surface area contributed by atoms with Crippen molar-refractivity contribution < 1.29 is 70.2 Å². The lowest BCUT2D eigenvalue weighted by Crippen LogP contribution is -2.98. The van der Waals surface area contributed by atoms with Crippen molar-refractivity contribution in [3.8, 4) is 0 Å². The lowest BCUT2D eigenvalue weighted by atomic mass is 9.61. The Morgan fingerprint density at radius 1 is 0.796 bits per heavy atom. The van der Waals surface area contributed by atoms with Crippen LogP contribution >= 0.6 is 0 Å². The van der Waals surface area contributed by atoms with Crippen LogP contribution in [0.5, 0.6) is 0 Å². The van der Waals surface area contributed by atoms with Gasteiger partial charge in [-0.1, -0.05) is 61.3 Å². The average Bonchev–Trinajstić information content (AvgIpc) is 3.72. The summed E-state index contributed by atoms with van der Waals surface area (Å²) < 4.78 is 0. The summed E-state index contributed by atoms with van der Waals surface area (Å²) in [6, 6.07) is -4.26. The van der Waals surface area contributed by atoms with Gasteiger partial charge in [-0.05, 0) is 61.2 Å². The Hall–Kier alpha value is -2.56. The first-order valence-electron chi connectivity index (χ1n) is 18.7. The summed E-state index contributed by atoms with van der Waals surface area (Å²) in [4.78, 5) is 55.9. The van der Waals surface area contributed by atoms with E-state index >= 15 is 0 Å². The molecule has 19 nitrogen and oxygen atoms in total. The molecule has 0 aromatic heterocycles. The zero-order valence-corrected chi connectivity index (χ0v) is 32.1. The number of nitrogens with one attached hydrogen (secondary N) is 4. The van der Waals surface area contributed by atoms with Gasteiger partial charge in [0, 0.05) is 25.2 Å². The van der Waals surface area contributed by atoms with Gasteiger partial charge in [0.05, 0.1) is 12.1 Å². The predicted molar refractivity (Wildman–Crippen MR) is 187 cm³/mol. The van der Waals surface area contributed by atoms with Crippen LogP contribution in [0.2, 0.25) is 0 Å². The van der Waals surface area contributed by atoms with Crippen molar-refractivity contribution in [2.45, 2.75) is 158 Å². The number of hydrogen-bond acceptors (Lipinski definition) is 15. The number of aliphatic hydroxyl groups is 10. The average molecular weight is 776 g/mol. The Morgan fingerprint density at radius 3 is 1.81 bits per heavy atom. The molecule has 5 unspecified atom stereocenters. The number of ketones is 1. The highest BCUT2D eigenvalue weighted by Gasteiger charge is 2.90. The molecule has 310 valence electrons. The van der Waals surface area contributed by atoms with Gasteiger partial charge >= 0.3 is 6.03 Å². The van der Waals surface area contributed by atoms with Crippen molar-refractivity contribution in [2.75, 3.05) is 13.1 Å². The largest absolute Gasteiger partial charge is 0.359 e. The molecular weight excluding hydrogens is 714 g/mol. The zero-order valence-electron chi connectivity index (χ0n) is 32.1. The molecule has 54 heavy (non-hydrogen) atoms. The van der Waals surface area contributed by atoms with Crippen LogP contribution in [-0.2, 0) is 14.4 Å². The van der Waals surface area contributed by atoms with Crippen LogP contribution in [0.1, 0.15) is 99.8 Å². The first-order valence-corrected chi connectivity index (χ1v) is 18.7. The fraction of sp³-hybridized carbons (Fsp3) is 0.886. The number of hydrogen-bond donors (Lipinski definition) is 14. The Balaban J connectivity index is 1.63. The van der Waals surface area contributed by atoms with Crippen molar-refractivity contribution in [2.24, 2.45) is 22.7 Å². The minimum atomic E-state index is -4.81. The monoisotopic (exact) mass is 775 g/mol. The van der Waals surface area contributed by atoms with E-state index in [1.165, 1.54) is 0 Å². The van der Waals surface area contributed by atoms with Crippen molar-refractivity contribution in [1.82, 2.24) is 26.2 Å². The summed E-state index contributed by atoms with van der Waals surface area (Å²) in [5.74, 6) is -25.3. The maximum absolute atomic E-state index is 14.3. The molecule has 3 aliphatic carbocycles. The molecule has 4 aliphatic rings. The summed E-state index contributed by atoms with van der Waals surface area (Å²) in [5.41, 5.74) is -4.56. The van der Waals surface area contributed by atoms with Gasteiger partial charge in [0.25, 0.3) is 34.8 Å². The van der Waals surface area contributed by atoms with E-state index in [0.717, 1.165) is 32.6 Å². The van der Waals surface area contributed by atoms with Gasteiger partial charge in [0.15, 0.2) is 5.54 Å². The molecule has 1 saturated heterocycles. The molecule has 0 aromatic carbocycles. The van der Waals surface area contributed by atoms with Crippen LogP contribution in [0.15, 0.2) is 0 Å². The van der Waals surface area contributed by atoms with E-state index < -0.39 is 88.1 Å². The van der Waals surface area contributed by atoms with Gasteiger partial charge < -0.3 is 72.3 Å². The standard InChI is InChI=1S/C35H61N5O14/c1-8-10-11-21(24(41)26(43)36-19-12-13-19)37-25(42)23-20-15-29(6,7)14-18(20)16-40(23)17-22(28(3,4)5)38-27(44)39-30(9-2)31(45,46)33(49,50)35(53,54)34(51,52)32(30,47)48/h18-23,45-54H,8-17H2,1-7H3,(H,36,43)(H,37,42)(H2,38,39,44). The maximum atomic E-state index is 14.3. The van der Waals surface area contributed by atoms with Gasteiger partial charge in [-0.15, -0.1) is 0 Å². The SMILES string of the molecule is CCCCC(NC(=O)C1C2CC(C)(C)CC2CN1CC(NC(=O)NC1(CC)C(O)(O)C(O)(O)C(O)(O)C(O)(O)C1(O)O)C(C)(C)C)C(=O)C(=O)NC1CC1. The Morgan fingerprint density at radius 2 is 1.33 bits per heavy atom. The fourth-order valence-electron chi connectivity index (χ4n) is 8.61. The van der Waals surface area contributed by atoms with Crippen molar-refractivity contribution in [3.63, 3.8) is 0 Å². The number of amides is 4. The number of rotatable bonds is 13. The first kappa shape index (κ1) is 44.2. The summed E-state index contributed by atoms with van der Waals surface area (Å²) in [6.45, 7) is 12.7. The number of likely N-dealkylation sites (tertiary alicyclic amines) is 1. The van der Waals surface area contributed by atoms with E-state index in [1.807, 2.05) is 17.1 Å². The third kappa shape index (κ3) is 7.26. The number of carbonyl (C=O) groups excluding carboxylic acids is 4. The van der Waals surface area contributed by atoms with Gasteiger partial charge in [-0.3, -0.25) is 19.3 Å². The molecule has 0 bridgehead atoms. The lowest BCUT2D eigenvalue weighted by molar-refractivity contribution is -0.595. The van der Waals surface area contributed by atoms with Crippen LogP contribution < -0.4 is 21.3 Å². The van der Waals surface area contributed by atoms with Crippen LogP contribution in [0.3, 0.4) is 0 Å². The van der Waals surface area contributed by atoms with E-state index in [9.17, 15) is 70.2 Å². The molecule has 4 fully saturated rings. The lowest BCUT2D eigenvalue weighted by Gasteiger charge is -2.64. The van der Waals surface area contributed by atoms with E-state index in [0.29, 0.717) is 19.4 Å². The molecule has 0 radical (unpaired) electrons. The van der Waals surface area contributed by atoms with E-state index in [-0.39, 0.29) is 36.3 Å². The van der Waals surface area contributed by atoms with Crippen molar-refractivity contribution in [3.05, 3.63) is 0 Å². The second kappa shape index (κ2) is 14.4. The first-order chi connectivity index (χ1) is 24.5. The number of urea groups is 1. The molecular formula is C35H61N5O14. The highest BCUT2D eigenvalue weighted by Crippen LogP contribution is 2.55. The highest BCUT2D eigenvalue weighted by molar-refractivity contribution is 6.38. The zero-order chi connectivity index (χ0) is 41.3. The minimum absolute atomic E-state index is 0.0195. The molecule has 1 aliphatic heterocycles. The summed E-state index contributed by atoms with van der Waals surface area (Å²) >= 11 is 0. The number of Topliss-reactive ketones (excluding diaryl/α,β-unsaturated/α-hetero) is 1. The number of carbonyl (C=O) groups is 4. The molecule has 1 heterocycles. The molecule has 3 saturated carbocycles. The third-order valence-corrected chi connectivity index (χ3v) is 12.1. The predicted octanol–water partition coefficient (Wildman–Crippen LogP) is -3.47. The smallest absolute Gasteiger partial charge is 0.315 e. The number of nitrogens with zero attached hydrogens (tertiary/aromatic N) is 1. The third-order valence-electron chi connectivity index (χ3n) is 12.1. The summed E-state index contributed by atoms with van der Waals surface area (Å²) in [5, 5.41) is 116. The molecule has 0 spiro atoms. The van der Waals surface area contributed by atoms with Gasteiger partial charge in [-0.2, -0.15) is 0 Å². The quantitative estimate of drug-likeness (QED) is 0.0639. The van der Waals surface area contributed by atoms with Gasteiger partial charge in [0.1, 0.15) is 0 Å². The normalized spacial score (nSPS) is 29.7. The molecule has 14 N–H and O–H groups in total. The Kier molecular flexibility index (Phi) is 11.8. The minimum Gasteiger partial charge on any atom is -0.359 e. The second-order valence-electron chi connectivity index (χ2n) is 17.8. The molecule has 0 aromatic rings. The van der Waals surface area contributed by atoms with E-state index in [4.69, 9.17) is 0 Å². The Bertz CT molecular complexity index is 1420. The fourth-order valence-corrected chi connectivity index (χ4v) is 8.61. The highest BCUT2D eigenvalue weighted by atomic mass is 16.7. The molecule has 4 amide bonds. The van der Waals surface area contributed by atoms with Crippen LogP contribution in [0.4, 0.5) is 4.79 Å². The Labute approximate surface area is 314 Å². The molecule has 5 atom stereocenters. The van der Waals surface area contributed by atoms with Gasteiger partial charge in [0.2, 0.25) is 11.7 Å². The summed E-state index contributed by atoms with van der Waals surface area (Å²) in [6.07, 6.45) is 3.49. The maximum Gasteiger partial charge on any atom is 0.315 e. The van der Waals surface area contributed by atoms with Gasteiger partial charge in [-0.25, -0.2) is 4.79 Å². The van der Waals surface area contributed by atoms with E-state index in [1.54, 1.807) is 20.8 Å². The summed E-state index contributed by atoms with van der Waals surface area (Å²) in [7, 11) is 0. The molecule has 19 heteroatoms.